The number of Topliss-reactive ketones (excluding diaryl/α,β-unsaturated/α-hetero) is 1. The largest absolute Gasteiger partial charge is 0.390 e. The van der Waals surface area contributed by atoms with Gasteiger partial charge in [0.05, 0.1) is 5.60 Å². The summed E-state index contributed by atoms with van der Waals surface area (Å²) < 4.78 is 0. The van der Waals surface area contributed by atoms with Gasteiger partial charge in [-0.15, -0.1) is 0 Å². The number of fused-ring (bicyclic) bond motifs is 1. The topological polar surface area (TPSA) is 40.5 Å². The molecular weight excluding hydrogens is 250 g/mol. The summed E-state index contributed by atoms with van der Waals surface area (Å²) in [7, 11) is 0. The lowest BCUT2D eigenvalue weighted by atomic mass is 9.71. The molecule has 0 aromatic carbocycles. The van der Waals surface area contributed by atoms with Crippen molar-refractivity contribution in [3.8, 4) is 0 Å². The first-order valence-corrected chi connectivity index (χ1v) is 8.54. The van der Waals surface area contributed by atoms with E-state index in [1.54, 1.807) is 0 Å². The average molecular weight is 279 g/mol. The van der Waals surface area contributed by atoms with E-state index in [9.17, 15) is 9.90 Å². The second-order valence-corrected chi connectivity index (χ2v) is 7.60. The second-order valence-electron chi connectivity index (χ2n) is 7.60. The number of carbonyl (C=O) groups is 1. The number of piperidine rings is 1. The highest BCUT2D eigenvalue weighted by molar-refractivity contribution is 5.81. The van der Waals surface area contributed by atoms with Crippen LogP contribution in [0, 0.1) is 17.8 Å². The van der Waals surface area contributed by atoms with Crippen molar-refractivity contribution in [3.63, 3.8) is 0 Å². The van der Waals surface area contributed by atoms with Crippen LogP contribution < -0.4 is 0 Å². The molecule has 0 aromatic rings. The number of rotatable bonds is 2. The normalized spacial score (nSPS) is 43.3. The van der Waals surface area contributed by atoms with Crippen molar-refractivity contribution in [3.05, 3.63) is 0 Å². The highest BCUT2D eigenvalue weighted by Gasteiger charge is 2.43. The van der Waals surface area contributed by atoms with Crippen molar-refractivity contribution in [1.29, 1.82) is 0 Å². The van der Waals surface area contributed by atoms with Gasteiger partial charge >= 0.3 is 0 Å². The van der Waals surface area contributed by atoms with Crippen LogP contribution in [0.3, 0.4) is 0 Å². The first-order valence-electron chi connectivity index (χ1n) is 8.54. The molecule has 2 aliphatic carbocycles. The van der Waals surface area contributed by atoms with Gasteiger partial charge in [0.2, 0.25) is 0 Å². The van der Waals surface area contributed by atoms with Gasteiger partial charge in [0.25, 0.3) is 0 Å². The Morgan fingerprint density at radius 3 is 3.00 bits per heavy atom. The molecule has 4 atom stereocenters. The van der Waals surface area contributed by atoms with Crippen LogP contribution in [0.1, 0.15) is 58.3 Å². The molecule has 3 heteroatoms. The lowest BCUT2D eigenvalue weighted by Crippen LogP contribution is -2.54. The van der Waals surface area contributed by atoms with Crippen molar-refractivity contribution in [2.45, 2.75) is 63.9 Å². The zero-order valence-electron chi connectivity index (χ0n) is 12.8. The zero-order valence-corrected chi connectivity index (χ0v) is 12.8. The maximum Gasteiger partial charge on any atom is 0.137 e. The average Bonchev–Trinajstić information content (AvgIpc) is 2.43. The SMILES string of the molecule is CC1CCC(=O)C(CN2CCC3(O)CCCCC3C2)C1. The molecule has 114 valence electrons. The third-order valence-electron chi connectivity index (χ3n) is 6.02. The Morgan fingerprint density at radius 2 is 2.15 bits per heavy atom. The van der Waals surface area contributed by atoms with Crippen molar-refractivity contribution in [2.24, 2.45) is 17.8 Å². The van der Waals surface area contributed by atoms with E-state index in [1.807, 2.05) is 0 Å². The maximum absolute atomic E-state index is 12.1. The first kappa shape index (κ1) is 14.5. The van der Waals surface area contributed by atoms with Crippen molar-refractivity contribution in [1.82, 2.24) is 4.90 Å². The second kappa shape index (κ2) is 5.76. The van der Waals surface area contributed by atoms with E-state index in [2.05, 4.69) is 11.8 Å². The molecule has 0 spiro atoms. The van der Waals surface area contributed by atoms with Gasteiger partial charge in [0.1, 0.15) is 5.78 Å². The van der Waals surface area contributed by atoms with Gasteiger partial charge in [-0.05, 0) is 38.0 Å². The fraction of sp³-hybridized carbons (Fsp3) is 0.941. The molecule has 1 heterocycles. The number of aliphatic hydroxyl groups is 1. The Kier molecular flexibility index (Phi) is 4.19. The molecule has 3 nitrogen and oxygen atoms in total. The Bertz CT molecular complexity index is 370. The number of ketones is 1. The minimum absolute atomic E-state index is 0.258. The monoisotopic (exact) mass is 279 g/mol. The fourth-order valence-corrected chi connectivity index (χ4v) is 4.62. The number of hydrogen-bond acceptors (Lipinski definition) is 3. The van der Waals surface area contributed by atoms with Crippen LogP contribution in [0.15, 0.2) is 0 Å². The smallest absolute Gasteiger partial charge is 0.137 e. The van der Waals surface area contributed by atoms with Gasteiger partial charge in [-0.2, -0.15) is 0 Å². The number of likely N-dealkylation sites (tertiary alicyclic amines) is 1. The van der Waals surface area contributed by atoms with Gasteiger partial charge in [-0.25, -0.2) is 0 Å². The van der Waals surface area contributed by atoms with E-state index < -0.39 is 5.60 Å². The third kappa shape index (κ3) is 2.94. The predicted octanol–water partition coefficient (Wildman–Crippen LogP) is 2.62. The van der Waals surface area contributed by atoms with E-state index in [1.165, 1.54) is 19.3 Å². The highest BCUT2D eigenvalue weighted by Crippen LogP contribution is 2.40. The molecule has 0 amide bonds. The molecular formula is C17H29NO2. The molecule has 0 aromatic heterocycles. The Hall–Kier alpha value is -0.410. The molecule has 0 radical (unpaired) electrons. The predicted molar refractivity (Wildman–Crippen MR) is 79.5 cm³/mol. The molecule has 3 aliphatic rings. The van der Waals surface area contributed by atoms with E-state index in [0.717, 1.165) is 51.7 Å². The minimum atomic E-state index is -0.390. The molecule has 0 bridgehead atoms. The zero-order chi connectivity index (χ0) is 14.2. The van der Waals surface area contributed by atoms with Crippen molar-refractivity contribution >= 4 is 5.78 Å². The molecule has 4 unspecified atom stereocenters. The van der Waals surface area contributed by atoms with Gasteiger partial charge in [0, 0.05) is 37.9 Å². The summed E-state index contributed by atoms with van der Waals surface area (Å²) in [6.45, 7) is 5.20. The summed E-state index contributed by atoms with van der Waals surface area (Å²) >= 11 is 0. The van der Waals surface area contributed by atoms with Crippen molar-refractivity contribution < 1.29 is 9.90 Å². The lowest BCUT2D eigenvalue weighted by molar-refractivity contribution is -0.128. The van der Waals surface area contributed by atoms with Gasteiger partial charge in [-0.1, -0.05) is 19.8 Å². The number of carbonyl (C=O) groups excluding carboxylic acids is 1. The van der Waals surface area contributed by atoms with Crippen LogP contribution in [0.5, 0.6) is 0 Å². The highest BCUT2D eigenvalue weighted by atomic mass is 16.3. The Balaban J connectivity index is 1.58. The standard InChI is InChI=1S/C17H29NO2/c1-13-5-6-16(19)14(10-13)11-18-9-8-17(20)7-3-2-4-15(17)12-18/h13-15,20H,2-12H2,1H3. The van der Waals surface area contributed by atoms with Crippen molar-refractivity contribution in [2.75, 3.05) is 19.6 Å². The number of nitrogens with zero attached hydrogens (tertiary/aromatic N) is 1. The van der Waals surface area contributed by atoms with E-state index >= 15 is 0 Å². The van der Waals surface area contributed by atoms with Crippen LogP contribution in [-0.2, 0) is 4.79 Å². The van der Waals surface area contributed by atoms with Crippen LogP contribution >= 0.6 is 0 Å². The maximum atomic E-state index is 12.1. The van der Waals surface area contributed by atoms with E-state index in [4.69, 9.17) is 0 Å². The summed E-state index contributed by atoms with van der Waals surface area (Å²) in [5.41, 5.74) is -0.390. The summed E-state index contributed by atoms with van der Waals surface area (Å²) in [6, 6.07) is 0. The van der Waals surface area contributed by atoms with Gasteiger partial charge < -0.3 is 10.0 Å². The molecule has 3 fully saturated rings. The quantitative estimate of drug-likeness (QED) is 0.844. The Morgan fingerprint density at radius 1 is 1.30 bits per heavy atom. The van der Waals surface area contributed by atoms with Crippen LogP contribution in [0.2, 0.25) is 0 Å². The number of hydrogen-bond donors (Lipinski definition) is 1. The molecule has 20 heavy (non-hydrogen) atoms. The Labute approximate surface area is 122 Å². The van der Waals surface area contributed by atoms with E-state index in [0.29, 0.717) is 17.6 Å². The van der Waals surface area contributed by atoms with E-state index in [-0.39, 0.29) is 5.92 Å². The third-order valence-corrected chi connectivity index (χ3v) is 6.02. The summed E-state index contributed by atoms with van der Waals surface area (Å²) in [6.07, 6.45) is 8.46. The molecule has 3 rings (SSSR count). The molecule has 1 saturated heterocycles. The minimum Gasteiger partial charge on any atom is -0.390 e. The summed E-state index contributed by atoms with van der Waals surface area (Å²) in [5, 5.41) is 10.7. The lowest BCUT2D eigenvalue weighted by Gasteiger charge is -2.48. The summed E-state index contributed by atoms with van der Waals surface area (Å²) in [4.78, 5) is 14.5. The van der Waals surface area contributed by atoms with Crippen LogP contribution in [-0.4, -0.2) is 41.0 Å². The first-order chi connectivity index (χ1) is 9.57. The molecule has 1 aliphatic heterocycles. The van der Waals surface area contributed by atoms with Gasteiger partial charge in [0.15, 0.2) is 0 Å². The van der Waals surface area contributed by atoms with Gasteiger partial charge in [-0.3, -0.25) is 4.79 Å². The molecule has 1 N–H and O–H groups in total. The molecule has 2 saturated carbocycles. The summed E-state index contributed by atoms with van der Waals surface area (Å²) in [5.74, 6) is 1.89. The van der Waals surface area contributed by atoms with Crippen LogP contribution in [0.25, 0.3) is 0 Å². The van der Waals surface area contributed by atoms with Crippen LogP contribution in [0.4, 0.5) is 0 Å². The fourth-order valence-electron chi connectivity index (χ4n) is 4.62.